The summed E-state index contributed by atoms with van der Waals surface area (Å²) in [6.07, 6.45) is 3.45. The highest BCUT2D eigenvalue weighted by Gasteiger charge is 2.25. The van der Waals surface area contributed by atoms with Crippen LogP contribution < -0.4 is 10.2 Å². The van der Waals surface area contributed by atoms with Gasteiger partial charge in [-0.05, 0) is 11.6 Å². The summed E-state index contributed by atoms with van der Waals surface area (Å²) in [5.74, 6) is 2.26. The molecule has 0 radical (unpaired) electrons. The van der Waals surface area contributed by atoms with Gasteiger partial charge in [0.05, 0.1) is 11.8 Å². The third kappa shape index (κ3) is 4.33. The molecule has 27 heavy (non-hydrogen) atoms. The lowest BCUT2D eigenvalue weighted by Crippen LogP contribution is -2.32. The fourth-order valence-corrected chi connectivity index (χ4v) is 3.84. The van der Waals surface area contributed by atoms with Crippen LogP contribution in [0.1, 0.15) is 27.9 Å². The second kappa shape index (κ2) is 8.30. The third-order valence-corrected chi connectivity index (χ3v) is 5.32. The van der Waals surface area contributed by atoms with Gasteiger partial charge in [-0.15, -0.1) is 5.10 Å². The van der Waals surface area contributed by atoms with Gasteiger partial charge in [-0.2, -0.15) is 11.8 Å². The van der Waals surface area contributed by atoms with Gasteiger partial charge in [0.15, 0.2) is 0 Å². The van der Waals surface area contributed by atoms with Crippen molar-refractivity contribution in [3.05, 3.63) is 65.9 Å². The molecule has 1 saturated heterocycles. The van der Waals surface area contributed by atoms with E-state index in [0.29, 0.717) is 23.9 Å². The van der Waals surface area contributed by atoms with Gasteiger partial charge in [0, 0.05) is 31.0 Å². The van der Waals surface area contributed by atoms with E-state index < -0.39 is 6.04 Å². The van der Waals surface area contributed by atoms with Crippen LogP contribution in [0.3, 0.4) is 0 Å². The fraction of sp³-hybridized carbons (Fsp3) is 0.316. The number of amides is 1. The molecule has 1 unspecified atom stereocenters. The molecule has 1 amide bonds. The van der Waals surface area contributed by atoms with E-state index in [4.69, 9.17) is 8.83 Å². The predicted octanol–water partition coefficient (Wildman–Crippen LogP) is 2.93. The van der Waals surface area contributed by atoms with E-state index in [0.717, 1.165) is 30.2 Å². The fourth-order valence-electron chi connectivity index (χ4n) is 2.93. The van der Waals surface area contributed by atoms with Crippen LogP contribution in [0, 0.1) is 0 Å². The maximum absolute atomic E-state index is 12.5. The molecule has 1 aliphatic heterocycles. The average molecular weight is 384 g/mol. The Morgan fingerprint density at radius 2 is 2.00 bits per heavy atom. The van der Waals surface area contributed by atoms with E-state index in [1.807, 2.05) is 42.1 Å². The number of hydrogen-bond acceptors (Lipinski definition) is 7. The summed E-state index contributed by atoms with van der Waals surface area (Å²) in [6, 6.07) is 11.6. The van der Waals surface area contributed by atoms with E-state index in [9.17, 15) is 4.79 Å². The molecule has 0 spiro atoms. The molecule has 1 aromatic carbocycles. The van der Waals surface area contributed by atoms with Crippen LogP contribution in [0.15, 0.2) is 57.8 Å². The first-order chi connectivity index (χ1) is 13.3. The van der Waals surface area contributed by atoms with Crippen molar-refractivity contribution in [1.29, 1.82) is 0 Å². The maximum atomic E-state index is 12.5. The molecule has 1 aliphatic rings. The molecule has 0 bridgehead atoms. The van der Waals surface area contributed by atoms with Crippen molar-refractivity contribution in [2.75, 3.05) is 29.5 Å². The Morgan fingerprint density at radius 1 is 1.19 bits per heavy atom. The van der Waals surface area contributed by atoms with Gasteiger partial charge in [0.2, 0.25) is 5.89 Å². The molecule has 140 valence electrons. The van der Waals surface area contributed by atoms with Crippen LogP contribution in [0.4, 0.5) is 6.01 Å². The van der Waals surface area contributed by atoms with E-state index >= 15 is 0 Å². The Kier molecular flexibility index (Phi) is 5.43. The lowest BCUT2D eigenvalue weighted by molar-refractivity contribution is 0.0929. The molecule has 1 fully saturated rings. The number of carbonyl (C=O) groups excluding carboxylic acids is 1. The van der Waals surface area contributed by atoms with Crippen molar-refractivity contribution >= 4 is 23.7 Å². The molecule has 7 nitrogen and oxygen atoms in total. The minimum atomic E-state index is -0.421. The highest BCUT2D eigenvalue weighted by molar-refractivity contribution is 7.99. The zero-order chi connectivity index (χ0) is 18.5. The monoisotopic (exact) mass is 384 g/mol. The molecule has 1 N–H and O–H groups in total. The lowest BCUT2D eigenvalue weighted by Gasteiger charge is -2.24. The molecule has 8 heteroatoms. The Bertz CT molecular complexity index is 860. The summed E-state index contributed by atoms with van der Waals surface area (Å²) in [7, 11) is 0. The maximum Gasteiger partial charge on any atom is 0.318 e. The zero-order valence-corrected chi connectivity index (χ0v) is 15.5. The van der Waals surface area contributed by atoms with Crippen molar-refractivity contribution < 1.29 is 13.6 Å². The first kappa shape index (κ1) is 17.7. The molecule has 3 aromatic rings. The predicted molar refractivity (Wildman–Crippen MR) is 103 cm³/mol. The molecule has 3 heterocycles. The molecule has 2 aromatic heterocycles. The van der Waals surface area contributed by atoms with Crippen molar-refractivity contribution in [1.82, 2.24) is 15.5 Å². The molecule has 1 atom stereocenters. The Hall–Kier alpha value is -2.74. The second-order valence-electron chi connectivity index (χ2n) is 6.25. The first-order valence-corrected chi connectivity index (χ1v) is 9.98. The summed E-state index contributed by atoms with van der Waals surface area (Å²) in [5.41, 5.74) is 1.53. The van der Waals surface area contributed by atoms with Crippen molar-refractivity contribution in [2.24, 2.45) is 0 Å². The van der Waals surface area contributed by atoms with E-state index in [2.05, 4.69) is 20.4 Å². The largest absolute Gasteiger partial charge is 0.472 e. The molecule has 0 saturated carbocycles. The number of thioether (sulfide) groups is 1. The normalized spacial score (nSPS) is 15.5. The van der Waals surface area contributed by atoms with Crippen LogP contribution in [-0.2, 0) is 6.42 Å². The standard InChI is InChI=1S/C19H20N4O3S/c24-17(15-6-9-25-13-15)20-16(12-14-4-2-1-3-5-14)18-21-22-19(26-18)23-7-10-27-11-8-23/h1-6,9,13,16H,7-8,10-12H2,(H,20,24). The summed E-state index contributed by atoms with van der Waals surface area (Å²) in [6.45, 7) is 1.77. The molecular weight excluding hydrogens is 364 g/mol. The van der Waals surface area contributed by atoms with Gasteiger partial charge in [-0.3, -0.25) is 4.79 Å². The zero-order valence-electron chi connectivity index (χ0n) is 14.7. The van der Waals surface area contributed by atoms with Crippen LogP contribution >= 0.6 is 11.8 Å². The van der Waals surface area contributed by atoms with Gasteiger partial charge in [0.1, 0.15) is 12.3 Å². The van der Waals surface area contributed by atoms with Crippen LogP contribution in [0.25, 0.3) is 0 Å². The minimum Gasteiger partial charge on any atom is -0.472 e. The van der Waals surface area contributed by atoms with Gasteiger partial charge >= 0.3 is 6.01 Å². The third-order valence-electron chi connectivity index (χ3n) is 4.38. The number of nitrogens with one attached hydrogen (secondary N) is 1. The highest BCUT2D eigenvalue weighted by Crippen LogP contribution is 2.23. The van der Waals surface area contributed by atoms with Gasteiger partial charge in [-0.1, -0.05) is 35.4 Å². The summed E-state index contributed by atoms with van der Waals surface area (Å²) in [5, 5.41) is 11.4. The number of aromatic nitrogens is 2. The van der Waals surface area contributed by atoms with Crippen molar-refractivity contribution in [3.63, 3.8) is 0 Å². The minimum absolute atomic E-state index is 0.237. The number of hydrogen-bond donors (Lipinski definition) is 1. The van der Waals surface area contributed by atoms with Gasteiger partial charge < -0.3 is 19.1 Å². The average Bonchev–Trinajstić information content (AvgIpc) is 3.41. The smallest absolute Gasteiger partial charge is 0.318 e. The number of benzene rings is 1. The van der Waals surface area contributed by atoms with E-state index in [1.165, 1.54) is 12.5 Å². The first-order valence-electron chi connectivity index (χ1n) is 8.82. The quantitative estimate of drug-likeness (QED) is 0.699. The van der Waals surface area contributed by atoms with Crippen molar-refractivity contribution in [3.8, 4) is 0 Å². The number of carbonyl (C=O) groups is 1. The number of anilines is 1. The lowest BCUT2D eigenvalue weighted by atomic mass is 10.1. The topological polar surface area (TPSA) is 84.4 Å². The number of nitrogens with zero attached hydrogens (tertiary/aromatic N) is 3. The van der Waals surface area contributed by atoms with E-state index in [-0.39, 0.29) is 5.91 Å². The summed E-state index contributed by atoms with van der Waals surface area (Å²) in [4.78, 5) is 14.6. The van der Waals surface area contributed by atoms with Crippen molar-refractivity contribution in [2.45, 2.75) is 12.5 Å². The Balaban J connectivity index is 1.55. The second-order valence-corrected chi connectivity index (χ2v) is 7.47. The number of furan rings is 1. The van der Waals surface area contributed by atoms with Gasteiger partial charge in [0.25, 0.3) is 5.91 Å². The van der Waals surface area contributed by atoms with Crippen LogP contribution in [0.2, 0.25) is 0 Å². The Labute approximate surface area is 161 Å². The highest BCUT2D eigenvalue weighted by atomic mass is 32.2. The van der Waals surface area contributed by atoms with E-state index in [1.54, 1.807) is 6.07 Å². The van der Waals surface area contributed by atoms with Gasteiger partial charge in [-0.25, -0.2) is 0 Å². The molecule has 0 aliphatic carbocycles. The van der Waals surface area contributed by atoms with Crippen LogP contribution in [0.5, 0.6) is 0 Å². The van der Waals surface area contributed by atoms with Crippen LogP contribution in [-0.4, -0.2) is 40.7 Å². The SMILES string of the molecule is O=C(NC(Cc1ccccc1)c1nnc(N2CCSCC2)o1)c1ccoc1. The Morgan fingerprint density at radius 3 is 2.74 bits per heavy atom. The number of rotatable bonds is 6. The molecule has 4 rings (SSSR count). The summed E-state index contributed by atoms with van der Waals surface area (Å²) < 4.78 is 10.9. The molecular formula is C19H20N4O3S. The summed E-state index contributed by atoms with van der Waals surface area (Å²) >= 11 is 1.92.